The lowest BCUT2D eigenvalue weighted by atomic mass is 10.2. The summed E-state index contributed by atoms with van der Waals surface area (Å²) in [4.78, 5) is 17.8. The number of pyridine rings is 1. The molecule has 3 rings (SSSR count). The Morgan fingerprint density at radius 3 is 2.68 bits per heavy atom. The average molecular weight is 363 g/mol. The van der Waals surface area contributed by atoms with E-state index in [1.54, 1.807) is 37.5 Å². The molecule has 0 radical (unpaired) electrons. The van der Waals surface area contributed by atoms with Gasteiger partial charge >= 0.3 is 5.97 Å². The zero-order valence-corrected chi connectivity index (χ0v) is 14.9. The molecule has 2 heterocycles. The van der Waals surface area contributed by atoms with Gasteiger partial charge in [0.2, 0.25) is 10.0 Å². The van der Waals surface area contributed by atoms with Crippen LogP contribution in [0.4, 0.5) is 0 Å². The van der Waals surface area contributed by atoms with Gasteiger partial charge in [0, 0.05) is 49.3 Å². The Bertz CT molecular complexity index is 856. The van der Waals surface area contributed by atoms with Crippen molar-refractivity contribution in [2.75, 3.05) is 39.3 Å². The van der Waals surface area contributed by atoms with E-state index < -0.39 is 10.0 Å². The second-order valence-corrected chi connectivity index (χ2v) is 7.74. The molecule has 0 spiro atoms. The van der Waals surface area contributed by atoms with Crippen LogP contribution in [0.15, 0.2) is 41.6 Å². The van der Waals surface area contributed by atoms with E-state index in [9.17, 15) is 13.2 Å². The van der Waals surface area contributed by atoms with Crippen LogP contribution in [-0.4, -0.2) is 67.9 Å². The zero-order valence-electron chi connectivity index (χ0n) is 14.1. The van der Waals surface area contributed by atoms with Crippen molar-refractivity contribution in [3.8, 4) is 0 Å². The fourth-order valence-electron chi connectivity index (χ4n) is 2.97. The van der Waals surface area contributed by atoms with E-state index in [1.807, 2.05) is 11.0 Å². The quantitative estimate of drug-likeness (QED) is 0.740. The molecular formula is C17H21N3O4S. The zero-order chi connectivity index (χ0) is 17.9. The number of carbonyl (C=O) groups excluding carboxylic acids is 1. The first-order chi connectivity index (χ1) is 12.0. The Labute approximate surface area is 147 Å². The van der Waals surface area contributed by atoms with Crippen LogP contribution in [0, 0.1) is 0 Å². The van der Waals surface area contributed by atoms with Gasteiger partial charge in [-0.15, -0.1) is 0 Å². The number of esters is 1. The Morgan fingerprint density at radius 1 is 1.20 bits per heavy atom. The number of piperazine rings is 1. The van der Waals surface area contributed by atoms with E-state index >= 15 is 0 Å². The van der Waals surface area contributed by atoms with E-state index in [0.29, 0.717) is 43.1 Å². The van der Waals surface area contributed by atoms with Crippen LogP contribution in [0.2, 0.25) is 0 Å². The van der Waals surface area contributed by atoms with Gasteiger partial charge in [0.05, 0.1) is 18.0 Å². The van der Waals surface area contributed by atoms with Crippen LogP contribution < -0.4 is 0 Å². The van der Waals surface area contributed by atoms with Crippen molar-refractivity contribution in [3.05, 3.63) is 36.7 Å². The van der Waals surface area contributed by atoms with Crippen molar-refractivity contribution in [1.29, 1.82) is 0 Å². The number of nitrogens with zero attached hydrogens (tertiary/aromatic N) is 3. The van der Waals surface area contributed by atoms with Crippen LogP contribution in [0.25, 0.3) is 10.8 Å². The molecule has 1 fully saturated rings. The molecule has 0 N–H and O–H groups in total. The summed E-state index contributed by atoms with van der Waals surface area (Å²) < 4.78 is 32.5. The maximum absolute atomic E-state index is 13.0. The van der Waals surface area contributed by atoms with Gasteiger partial charge in [-0.05, 0) is 19.1 Å². The lowest BCUT2D eigenvalue weighted by Crippen LogP contribution is -2.50. The summed E-state index contributed by atoms with van der Waals surface area (Å²) in [5, 5.41) is 1.47. The van der Waals surface area contributed by atoms with Crippen LogP contribution >= 0.6 is 0 Å². The normalized spacial score (nSPS) is 16.8. The maximum atomic E-state index is 13.0. The van der Waals surface area contributed by atoms with Crippen molar-refractivity contribution in [2.45, 2.75) is 11.8 Å². The minimum Gasteiger partial charge on any atom is -0.465 e. The number of hydrogen-bond acceptors (Lipinski definition) is 6. The standard InChI is InChI=1S/C17H21N3O4S/c1-2-24-17(21)13-19-8-10-20(11-9-19)25(22,23)16-5-3-4-14-12-18-7-6-15(14)16/h3-7,12H,2,8-11,13H2,1H3. The number of rotatable bonds is 5. The van der Waals surface area contributed by atoms with E-state index in [1.165, 1.54) is 4.31 Å². The average Bonchev–Trinajstić information content (AvgIpc) is 2.62. The number of sulfonamides is 1. The fraction of sp³-hybridized carbons (Fsp3) is 0.412. The van der Waals surface area contributed by atoms with Crippen molar-refractivity contribution < 1.29 is 17.9 Å². The Morgan fingerprint density at radius 2 is 1.96 bits per heavy atom. The van der Waals surface area contributed by atoms with Gasteiger partial charge in [-0.25, -0.2) is 8.42 Å². The molecule has 2 aromatic rings. The molecule has 1 aromatic carbocycles. The summed E-state index contributed by atoms with van der Waals surface area (Å²) in [5.41, 5.74) is 0. The van der Waals surface area contributed by atoms with Gasteiger partial charge in [0.25, 0.3) is 0 Å². The van der Waals surface area contributed by atoms with Crippen LogP contribution in [0.5, 0.6) is 0 Å². The Balaban J connectivity index is 1.75. The highest BCUT2D eigenvalue weighted by Gasteiger charge is 2.30. The molecule has 7 nitrogen and oxygen atoms in total. The Hall–Kier alpha value is -2.03. The van der Waals surface area contributed by atoms with E-state index in [4.69, 9.17) is 4.74 Å². The van der Waals surface area contributed by atoms with Crippen molar-refractivity contribution in [2.24, 2.45) is 0 Å². The molecule has 0 unspecified atom stereocenters. The molecule has 1 aliphatic heterocycles. The number of benzene rings is 1. The number of carbonyl (C=O) groups is 1. The predicted octanol–water partition coefficient (Wildman–Crippen LogP) is 1.10. The number of fused-ring (bicyclic) bond motifs is 1. The Kier molecular flexibility index (Phi) is 5.31. The lowest BCUT2D eigenvalue weighted by Gasteiger charge is -2.33. The first-order valence-electron chi connectivity index (χ1n) is 8.23. The third-order valence-corrected chi connectivity index (χ3v) is 6.20. The van der Waals surface area contributed by atoms with Gasteiger partial charge < -0.3 is 4.74 Å². The summed E-state index contributed by atoms with van der Waals surface area (Å²) >= 11 is 0. The third-order valence-electron chi connectivity index (χ3n) is 4.25. The highest BCUT2D eigenvalue weighted by molar-refractivity contribution is 7.89. The van der Waals surface area contributed by atoms with E-state index in [2.05, 4.69) is 4.98 Å². The van der Waals surface area contributed by atoms with Gasteiger partial charge in [-0.1, -0.05) is 12.1 Å². The molecule has 0 amide bonds. The van der Waals surface area contributed by atoms with E-state index in [0.717, 1.165) is 5.39 Å². The molecule has 0 saturated carbocycles. The second-order valence-electron chi connectivity index (χ2n) is 5.84. The molecule has 0 bridgehead atoms. The molecule has 0 atom stereocenters. The highest BCUT2D eigenvalue weighted by atomic mass is 32.2. The number of hydrogen-bond donors (Lipinski definition) is 0. The van der Waals surface area contributed by atoms with Crippen molar-refractivity contribution in [1.82, 2.24) is 14.2 Å². The summed E-state index contributed by atoms with van der Waals surface area (Å²) in [6.45, 7) is 4.02. The van der Waals surface area contributed by atoms with Crippen LogP contribution in [0.1, 0.15) is 6.92 Å². The third kappa shape index (κ3) is 3.81. The van der Waals surface area contributed by atoms with Crippen LogP contribution in [0.3, 0.4) is 0 Å². The molecule has 25 heavy (non-hydrogen) atoms. The summed E-state index contributed by atoms with van der Waals surface area (Å²) in [6.07, 6.45) is 3.25. The fourth-order valence-corrected chi connectivity index (χ4v) is 4.61. The monoisotopic (exact) mass is 363 g/mol. The minimum absolute atomic E-state index is 0.196. The van der Waals surface area contributed by atoms with Gasteiger partial charge in [0.1, 0.15) is 0 Å². The summed E-state index contributed by atoms with van der Waals surface area (Å²) in [5.74, 6) is -0.277. The van der Waals surface area contributed by atoms with Gasteiger partial charge in [-0.2, -0.15) is 4.31 Å². The van der Waals surface area contributed by atoms with Crippen molar-refractivity contribution in [3.63, 3.8) is 0 Å². The lowest BCUT2D eigenvalue weighted by molar-refractivity contribution is -0.144. The first-order valence-corrected chi connectivity index (χ1v) is 9.67. The summed E-state index contributed by atoms with van der Waals surface area (Å²) in [6, 6.07) is 6.93. The minimum atomic E-state index is -3.59. The molecule has 1 aromatic heterocycles. The second kappa shape index (κ2) is 7.47. The summed E-state index contributed by atoms with van der Waals surface area (Å²) in [7, 11) is -3.59. The highest BCUT2D eigenvalue weighted by Crippen LogP contribution is 2.25. The largest absolute Gasteiger partial charge is 0.465 e. The SMILES string of the molecule is CCOC(=O)CN1CCN(S(=O)(=O)c2cccc3cnccc23)CC1. The van der Waals surface area contributed by atoms with E-state index in [-0.39, 0.29) is 12.5 Å². The molecular weight excluding hydrogens is 342 g/mol. The maximum Gasteiger partial charge on any atom is 0.320 e. The van der Waals surface area contributed by atoms with Crippen LogP contribution in [-0.2, 0) is 19.6 Å². The van der Waals surface area contributed by atoms with Gasteiger partial charge in [-0.3, -0.25) is 14.7 Å². The number of ether oxygens (including phenoxy) is 1. The molecule has 0 aliphatic carbocycles. The number of aromatic nitrogens is 1. The van der Waals surface area contributed by atoms with Gasteiger partial charge in [0.15, 0.2) is 0 Å². The predicted molar refractivity (Wildman–Crippen MR) is 93.6 cm³/mol. The first kappa shape index (κ1) is 17.8. The molecule has 1 saturated heterocycles. The molecule has 8 heteroatoms. The topological polar surface area (TPSA) is 79.8 Å². The smallest absolute Gasteiger partial charge is 0.320 e. The molecule has 1 aliphatic rings. The molecule has 134 valence electrons. The van der Waals surface area contributed by atoms with Crippen molar-refractivity contribution >= 4 is 26.8 Å².